The van der Waals surface area contributed by atoms with Gasteiger partial charge >= 0.3 is 0 Å². The first-order valence-electron chi connectivity index (χ1n) is 6.27. The fourth-order valence-corrected chi connectivity index (χ4v) is 2.74. The number of nitrogens with zero attached hydrogens (tertiary/aromatic N) is 1. The minimum Gasteiger partial charge on any atom is -0.296 e. The van der Waals surface area contributed by atoms with E-state index in [0.29, 0.717) is 22.2 Å². The van der Waals surface area contributed by atoms with Crippen LogP contribution >= 0.6 is 23.2 Å². The fraction of sp³-hybridized carbons (Fsp3) is 0.500. The van der Waals surface area contributed by atoms with Gasteiger partial charge in [-0.2, -0.15) is 0 Å². The first kappa shape index (κ1) is 13.9. The molecule has 0 unspecified atom stereocenters. The molecule has 0 radical (unpaired) electrons. The number of benzene rings is 1. The van der Waals surface area contributed by atoms with Crippen LogP contribution in [-0.2, 0) is 0 Å². The van der Waals surface area contributed by atoms with Crippen LogP contribution in [0.1, 0.15) is 30.1 Å². The van der Waals surface area contributed by atoms with Gasteiger partial charge in [0.2, 0.25) is 0 Å². The highest BCUT2D eigenvalue weighted by Gasteiger charge is 2.19. The van der Waals surface area contributed by atoms with E-state index in [0.717, 1.165) is 19.0 Å². The molecule has 1 fully saturated rings. The van der Waals surface area contributed by atoms with E-state index in [1.165, 1.54) is 12.8 Å². The largest absolute Gasteiger partial charge is 0.296 e. The molecule has 0 aromatic heterocycles. The quantitative estimate of drug-likeness (QED) is 0.785. The molecule has 0 atom stereocenters. The first-order chi connectivity index (χ1) is 8.56. The van der Waals surface area contributed by atoms with Crippen molar-refractivity contribution in [1.82, 2.24) is 4.90 Å². The number of hydrogen-bond donors (Lipinski definition) is 0. The van der Waals surface area contributed by atoms with Crippen molar-refractivity contribution >= 4 is 29.0 Å². The van der Waals surface area contributed by atoms with Gasteiger partial charge < -0.3 is 0 Å². The lowest BCUT2D eigenvalue weighted by atomic mass is 9.99. The third-order valence-electron chi connectivity index (χ3n) is 3.48. The van der Waals surface area contributed by atoms with Gasteiger partial charge in [-0.25, -0.2) is 0 Å². The molecule has 1 aliphatic heterocycles. The van der Waals surface area contributed by atoms with Crippen LogP contribution in [0.2, 0.25) is 10.0 Å². The smallest absolute Gasteiger partial charge is 0.178 e. The summed E-state index contributed by atoms with van der Waals surface area (Å²) in [4.78, 5) is 14.4. The normalized spacial score (nSPS) is 17.9. The van der Waals surface area contributed by atoms with Crippen LogP contribution in [0, 0.1) is 5.92 Å². The van der Waals surface area contributed by atoms with Gasteiger partial charge in [0.05, 0.1) is 11.6 Å². The number of hydrogen-bond acceptors (Lipinski definition) is 2. The van der Waals surface area contributed by atoms with E-state index in [1.807, 2.05) is 0 Å². The topological polar surface area (TPSA) is 20.3 Å². The minimum atomic E-state index is 0.0752. The summed E-state index contributed by atoms with van der Waals surface area (Å²) in [6, 6.07) is 5.03. The number of halogens is 2. The van der Waals surface area contributed by atoms with Crippen LogP contribution in [0.15, 0.2) is 18.2 Å². The molecule has 1 aliphatic rings. The number of carbonyl (C=O) groups excluding carboxylic acids is 1. The van der Waals surface area contributed by atoms with E-state index in [-0.39, 0.29) is 5.78 Å². The second-order valence-corrected chi connectivity index (χ2v) is 5.85. The number of Topliss-reactive ketones (excluding diaryl/α,β-unsaturated/α-hetero) is 1. The van der Waals surface area contributed by atoms with Crippen LogP contribution in [0.4, 0.5) is 0 Å². The van der Waals surface area contributed by atoms with Crippen LogP contribution in [0.25, 0.3) is 0 Å². The molecule has 98 valence electrons. The molecule has 1 aromatic rings. The van der Waals surface area contributed by atoms with E-state index < -0.39 is 0 Å². The van der Waals surface area contributed by atoms with Gasteiger partial charge in [0.1, 0.15) is 0 Å². The Hall–Kier alpha value is -0.570. The molecule has 4 heteroatoms. The Balaban J connectivity index is 1.99. The maximum atomic E-state index is 12.2. The summed E-state index contributed by atoms with van der Waals surface area (Å²) in [5, 5.41) is 1.00. The molecular weight excluding hydrogens is 269 g/mol. The molecule has 2 nitrogen and oxygen atoms in total. The van der Waals surface area contributed by atoms with E-state index in [2.05, 4.69) is 11.8 Å². The van der Waals surface area contributed by atoms with E-state index in [9.17, 15) is 4.79 Å². The molecular formula is C14H17Cl2NO. The molecule has 1 saturated heterocycles. The second kappa shape index (κ2) is 6.05. The summed E-state index contributed by atoms with van der Waals surface area (Å²) in [5.41, 5.74) is 0.569. The Morgan fingerprint density at radius 1 is 1.33 bits per heavy atom. The average Bonchev–Trinajstić information content (AvgIpc) is 2.32. The summed E-state index contributed by atoms with van der Waals surface area (Å²) in [5.74, 6) is 0.849. The van der Waals surface area contributed by atoms with Crippen molar-refractivity contribution in [3.63, 3.8) is 0 Å². The standard InChI is InChI=1S/C14H17Cl2NO/c1-10-4-6-17(7-5-10)9-14(18)12-3-2-11(15)8-13(12)16/h2-3,8,10H,4-7,9H2,1H3. The van der Waals surface area contributed by atoms with Gasteiger partial charge in [-0.05, 0) is 50.0 Å². The van der Waals surface area contributed by atoms with Crippen molar-refractivity contribution in [2.75, 3.05) is 19.6 Å². The fourth-order valence-electron chi connectivity index (χ4n) is 2.22. The third-order valence-corrected chi connectivity index (χ3v) is 4.02. The Morgan fingerprint density at radius 3 is 2.61 bits per heavy atom. The molecule has 0 spiro atoms. The summed E-state index contributed by atoms with van der Waals surface area (Å²) in [7, 11) is 0. The highest BCUT2D eigenvalue weighted by atomic mass is 35.5. The number of ketones is 1. The predicted octanol–water partition coefficient (Wildman–Crippen LogP) is 3.91. The molecule has 0 bridgehead atoms. The van der Waals surface area contributed by atoms with Crippen molar-refractivity contribution in [3.05, 3.63) is 33.8 Å². The van der Waals surface area contributed by atoms with Crippen LogP contribution in [0.3, 0.4) is 0 Å². The van der Waals surface area contributed by atoms with Crippen LogP contribution in [-0.4, -0.2) is 30.3 Å². The molecule has 0 saturated carbocycles. The zero-order valence-electron chi connectivity index (χ0n) is 10.5. The molecule has 0 aliphatic carbocycles. The SMILES string of the molecule is CC1CCN(CC(=O)c2ccc(Cl)cc2Cl)CC1. The zero-order chi connectivity index (χ0) is 13.1. The number of piperidine rings is 1. The lowest BCUT2D eigenvalue weighted by molar-refractivity contribution is 0.0900. The lowest BCUT2D eigenvalue weighted by Gasteiger charge is -2.29. The number of carbonyl (C=O) groups is 1. The predicted molar refractivity (Wildman–Crippen MR) is 75.6 cm³/mol. The Morgan fingerprint density at radius 2 is 2.00 bits per heavy atom. The molecule has 18 heavy (non-hydrogen) atoms. The molecule has 1 aromatic carbocycles. The van der Waals surface area contributed by atoms with Crippen LogP contribution < -0.4 is 0 Å². The highest BCUT2D eigenvalue weighted by molar-refractivity contribution is 6.36. The van der Waals surface area contributed by atoms with Crippen molar-refractivity contribution in [2.24, 2.45) is 5.92 Å². The number of likely N-dealkylation sites (tertiary alicyclic amines) is 1. The Kier molecular flexibility index (Phi) is 4.66. The molecule has 0 amide bonds. The van der Waals surface area contributed by atoms with Crippen molar-refractivity contribution in [1.29, 1.82) is 0 Å². The maximum absolute atomic E-state index is 12.2. The lowest BCUT2D eigenvalue weighted by Crippen LogP contribution is -2.36. The van der Waals surface area contributed by atoms with Crippen LogP contribution in [0.5, 0.6) is 0 Å². The monoisotopic (exact) mass is 285 g/mol. The summed E-state index contributed by atoms with van der Waals surface area (Å²) in [6.07, 6.45) is 2.34. The van der Waals surface area contributed by atoms with Gasteiger partial charge in [0.15, 0.2) is 5.78 Å². The molecule has 2 rings (SSSR count). The van der Waals surface area contributed by atoms with E-state index in [4.69, 9.17) is 23.2 Å². The highest BCUT2D eigenvalue weighted by Crippen LogP contribution is 2.22. The third kappa shape index (κ3) is 3.47. The second-order valence-electron chi connectivity index (χ2n) is 5.01. The van der Waals surface area contributed by atoms with Gasteiger partial charge in [-0.3, -0.25) is 9.69 Å². The van der Waals surface area contributed by atoms with Gasteiger partial charge in [0, 0.05) is 10.6 Å². The zero-order valence-corrected chi connectivity index (χ0v) is 12.0. The van der Waals surface area contributed by atoms with Gasteiger partial charge in [0.25, 0.3) is 0 Å². The van der Waals surface area contributed by atoms with E-state index in [1.54, 1.807) is 18.2 Å². The summed E-state index contributed by atoms with van der Waals surface area (Å²) >= 11 is 11.9. The maximum Gasteiger partial charge on any atom is 0.178 e. The van der Waals surface area contributed by atoms with Gasteiger partial charge in [-0.15, -0.1) is 0 Å². The van der Waals surface area contributed by atoms with Crippen molar-refractivity contribution in [2.45, 2.75) is 19.8 Å². The molecule has 0 N–H and O–H groups in total. The average molecular weight is 286 g/mol. The minimum absolute atomic E-state index is 0.0752. The van der Waals surface area contributed by atoms with E-state index >= 15 is 0 Å². The van der Waals surface area contributed by atoms with Crippen molar-refractivity contribution < 1.29 is 4.79 Å². The summed E-state index contributed by atoms with van der Waals surface area (Å²) < 4.78 is 0. The Labute approximate surface area is 118 Å². The van der Waals surface area contributed by atoms with Crippen molar-refractivity contribution in [3.8, 4) is 0 Å². The van der Waals surface area contributed by atoms with Gasteiger partial charge in [-0.1, -0.05) is 30.1 Å². The number of rotatable bonds is 3. The first-order valence-corrected chi connectivity index (χ1v) is 7.02. The summed E-state index contributed by atoms with van der Waals surface area (Å²) in [6.45, 7) is 4.71. The Bertz CT molecular complexity index is 439. The molecule has 1 heterocycles.